The fraction of sp³-hybridized carbons (Fsp3) is 0.467. The Balaban J connectivity index is 2.74. The normalized spacial score (nSPS) is 14.1. The van der Waals surface area contributed by atoms with Crippen molar-refractivity contribution in [2.75, 3.05) is 21.3 Å². The molecule has 0 saturated heterocycles. The minimum absolute atomic E-state index is 0.0107. The third-order valence-electron chi connectivity index (χ3n) is 3.43. The van der Waals surface area contributed by atoms with E-state index in [2.05, 4.69) is 6.58 Å². The average Bonchev–Trinajstić information content (AvgIpc) is 3.23. The summed E-state index contributed by atoms with van der Waals surface area (Å²) in [6.45, 7) is 3.79. The molecule has 0 unspecified atom stereocenters. The standard InChI is InChI=1S/C15H20O4/c1-5-6-10-11(9-7-8-9)14(18-3)12(16)15(19-4)13(10)17-2/h5,9,16H,1,6-8H2,2-4H3. The molecular weight excluding hydrogens is 244 g/mol. The van der Waals surface area contributed by atoms with E-state index in [9.17, 15) is 5.11 Å². The van der Waals surface area contributed by atoms with E-state index < -0.39 is 0 Å². The minimum atomic E-state index is 0.0107. The molecule has 0 heterocycles. The molecule has 1 aliphatic rings. The molecule has 0 amide bonds. The van der Waals surface area contributed by atoms with Crippen LogP contribution in [-0.4, -0.2) is 26.4 Å². The Bertz CT molecular complexity index is 490. The van der Waals surface area contributed by atoms with Crippen LogP contribution in [0.15, 0.2) is 12.7 Å². The van der Waals surface area contributed by atoms with Gasteiger partial charge in [0, 0.05) is 11.1 Å². The van der Waals surface area contributed by atoms with Crippen LogP contribution < -0.4 is 14.2 Å². The molecule has 1 N–H and O–H groups in total. The van der Waals surface area contributed by atoms with Crippen LogP contribution in [0.25, 0.3) is 0 Å². The molecule has 0 atom stereocenters. The lowest BCUT2D eigenvalue weighted by Gasteiger charge is -2.20. The van der Waals surface area contributed by atoms with Gasteiger partial charge in [-0.1, -0.05) is 6.08 Å². The van der Waals surface area contributed by atoms with E-state index in [4.69, 9.17) is 14.2 Å². The first-order valence-electron chi connectivity index (χ1n) is 6.34. The fourth-order valence-corrected chi connectivity index (χ4v) is 2.50. The molecule has 1 aromatic rings. The van der Waals surface area contributed by atoms with Gasteiger partial charge in [-0.15, -0.1) is 6.58 Å². The van der Waals surface area contributed by atoms with Crippen molar-refractivity contribution in [1.29, 1.82) is 0 Å². The van der Waals surface area contributed by atoms with Gasteiger partial charge < -0.3 is 19.3 Å². The molecule has 1 aliphatic carbocycles. The second-order valence-corrected chi connectivity index (χ2v) is 4.61. The maximum atomic E-state index is 10.3. The van der Waals surface area contributed by atoms with Gasteiger partial charge in [-0.25, -0.2) is 0 Å². The molecular formula is C15H20O4. The Hall–Kier alpha value is -1.84. The second-order valence-electron chi connectivity index (χ2n) is 4.61. The lowest BCUT2D eigenvalue weighted by molar-refractivity contribution is 0.311. The van der Waals surface area contributed by atoms with Gasteiger partial charge in [-0.05, 0) is 25.2 Å². The van der Waals surface area contributed by atoms with Crippen molar-refractivity contribution in [3.8, 4) is 23.0 Å². The van der Waals surface area contributed by atoms with E-state index in [0.717, 1.165) is 24.0 Å². The third-order valence-corrected chi connectivity index (χ3v) is 3.43. The van der Waals surface area contributed by atoms with Crippen LogP contribution in [0.1, 0.15) is 29.9 Å². The summed E-state index contributed by atoms with van der Waals surface area (Å²) >= 11 is 0. The number of hydrogen-bond donors (Lipinski definition) is 1. The first-order chi connectivity index (χ1) is 9.19. The highest BCUT2D eigenvalue weighted by Gasteiger charge is 2.35. The number of aromatic hydroxyl groups is 1. The van der Waals surface area contributed by atoms with Crippen molar-refractivity contribution in [3.63, 3.8) is 0 Å². The number of allylic oxidation sites excluding steroid dienone is 1. The molecule has 19 heavy (non-hydrogen) atoms. The van der Waals surface area contributed by atoms with Crippen LogP contribution in [0, 0.1) is 0 Å². The summed E-state index contributed by atoms with van der Waals surface area (Å²) < 4.78 is 16.1. The summed E-state index contributed by atoms with van der Waals surface area (Å²) in [5, 5.41) is 10.3. The zero-order valence-corrected chi connectivity index (χ0v) is 11.7. The number of benzene rings is 1. The molecule has 0 bridgehead atoms. The van der Waals surface area contributed by atoms with E-state index in [-0.39, 0.29) is 5.75 Å². The molecule has 2 rings (SSSR count). The fourth-order valence-electron chi connectivity index (χ4n) is 2.50. The molecule has 1 saturated carbocycles. The van der Waals surface area contributed by atoms with Gasteiger partial charge in [0.1, 0.15) is 0 Å². The Labute approximate surface area is 113 Å². The molecule has 1 aromatic carbocycles. The van der Waals surface area contributed by atoms with E-state index in [0.29, 0.717) is 29.6 Å². The topological polar surface area (TPSA) is 47.9 Å². The number of phenolic OH excluding ortho intramolecular Hbond substituents is 1. The highest BCUT2D eigenvalue weighted by atomic mass is 16.5. The number of rotatable bonds is 6. The molecule has 1 fully saturated rings. The maximum Gasteiger partial charge on any atom is 0.207 e. The molecule has 0 radical (unpaired) electrons. The smallest absolute Gasteiger partial charge is 0.207 e. The first-order valence-corrected chi connectivity index (χ1v) is 6.34. The van der Waals surface area contributed by atoms with Gasteiger partial charge in [0.15, 0.2) is 11.5 Å². The van der Waals surface area contributed by atoms with E-state index >= 15 is 0 Å². The molecule has 0 aromatic heterocycles. The van der Waals surface area contributed by atoms with E-state index in [1.54, 1.807) is 14.2 Å². The molecule has 4 heteroatoms. The lowest BCUT2D eigenvalue weighted by Crippen LogP contribution is -2.03. The summed E-state index contributed by atoms with van der Waals surface area (Å²) in [7, 11) is 4.64. The summed E-state index contributed by atoms with van der Waals surface area (Å²) in [6, 6.07) is 0. The number of methoxy groups -OCH3 is 3. The average molecular weight is 264 g/mol. The molecule has 104 valence electrons. The van der Waals surface area contributed by atoms with Crippen LogP contribution >= 0.6 is 0 Å². The molecule has 0 aliphatic heterocycles. The summed E-state index contributed by atoms with van der Waals surface area (Å²) in [6.07, 6.45) is 4.69. The van der Waals surface area contributed by atoms with Gasteiger partial charge in [0.2, 0.25) is 11.5 Å². The molecule has 4 nitrogen and oxygen atoms in total. The predicted octanol–water partition coefficient (Wildman–Crippen LogP) is 3.02. The zero-order valence-electron chi connectivity index (χ0n) is 11.7. The van der Waals surface area contributed by atoms with E-state index in [1.165, 1.54) is 7.11 Å². The quantitative estimate of drug-likeness (QED) is 0.802. The first kappa shape index (κ1) is 13.6. The van der Waals surface area contributed by atoms with Crippen LogP contribution in [0.2, 0.25) is 0 Å². The highest BCUT2D eigenvalue weighted by Crippen LogP contribution is 2.56. The van der Waals surface area contributed by atoms with Crippen molar-refractivity contribution < 1.29 is 19.3 Å². The van der Waals surface area contributed by atoms with Crippen LogP contribution in [0.3, 0.4) is 0 Å². The Morgan fingerprint density at radius 2 is 1.68 bits per heavy atom. The highest BCUT2D eigenvalue weighted by molar-refractivity contribution is 5.68. The summed E-state index contributed by atoms with van der Waals surface area (Å²) in [5.74, 6) is 1.83. The Morgan fingerprint density at radius 3 is 2.11 bits per heavy atom. The number of ether oxygens (including phenoxy) is 3. The number of phenols is 1. The number of hydrogen-bond acceptors (Lipinski definition) is 4. The maximum absolute atomic E-state index is 10.3. The van der Waals surface area contributed by atoms with Crippen molar-refractivity contribution in [2.45, 2.75) is 25.2 Å². The van der Waals surface area contributed by atoms with Crippen LogP contribution in [0.4, 0.5) is 0 Å². The summed E-state index contributed by atoms with van der Waals surface area (Å²) in [4.78, 5) is 0. The van der Waals surface area contributed by atoms with Gasteiger partial charge in [-0.3, -0.25) is 0 Å². The van der Waals surface area contributed by atoms with E-state index in [1.807, 2.05) is 6.08 Å². The Kier molecular flexibility index (Phi) is 3.88. The molecule has 0 spiro atoms. The van der Waals surface area contributed by atoms with Gasteiger partial charge in [0.25, 0.3) is 0 Å². The van der Waals surface area contributed by atoms with Crippen molar-refractivity contribution in [2.24, 2.45) is 0 Å². The monoisotopic (exact) mass is 264 g/mol. The summed E-state index contributed by atoms with van der Waals surface area (Å²) in [5.41, 5.74) is 2.02. The van der Waals surface area contributed by atoms with Gasteiger partial charge in [0.05, 0.1) is 21.3 Å². The second kappa shape index (κ2) is 5.43. The van der Waals surface area contributed by atoms with Crippen molar-refractivity contribution in [1.82, 2.24) is 0 Å². The van der Waals surface area contributed by atoms with Crippen LogP contribution in [0.5, 0.6) is 23.0 Å². The van der Waals surface area contributed by atoms with Gasteiger partial charge in [-0.2, -0.15) is 0 Å². The Morgan fingerprint density at radius 1 is 1.11 bits per heavy atom. The minimum Gasteiger partial charge on any atom is -0.502 e. The van der Waals surface area contributed by atoms with Gasteiger partial charge >= 0.3 is 0 Å². The zero-order chi connectivity index (χ0) is 14.0. The SMILES string of the molecule is C=CCc1c(OC)c(OC)c(O)c(OC)c1C1CC1. The third kappa shape index (κ3) is 2.23. The van der Waals surface area contributed by atoms with Crippen molar-refractivity contribution >= 4 is 0 Å². The lowest BCUT2D eigenvalue weighted by atomic mass is 9.96. The predicted molar refractivity (Wildman–Crippen MR) is 73.6 cm³/mol. The van der Waals surface area contributed by atoms with Crippen molar-refractivity contribution in [3.05, 3.63) is 23.8 Å². The van der Waals surface area contributed by atoms with Crippen LogP contribution in [-0.2, 0) is 6.42 Å². The largest absolute Gasteiger partial charge is 0.502 e.